The van der Waals surface area contributed by atoms with Gasteiger partial charge in [0.2, 0.25) is 5.92 Å². The summed E-state index contributed by atoms with van der Waals surface area (Å²) in [5.74, 6) is -2.90. The molecule has 5 rings (SSSR count). The average Bonchev–Trinajstić information content (AvgIpc) is 3.13. The number of nitrogens with zero attached hydrogens (tertiary/aromatic N) is 4. The Hall–Kier alpha value is -1.34. The van der Waals surface area contributed by atoms with Crippen LogP contribution in [0.2, 0.25) is 0 Å². The lowest BCUT2D eigenvalue weighted by molar-refractivity contribution is -0.0384. The van der Waals surface area contributed by atoms with Crippen molar-refractivity contribution in [3.05, 3.63) is 23.8 Å². The number of hydrogen-bond donors (Lipinski definition) is 0. The van der Waals surface area contributed by atoms with Gasteiger partial charge in [-0.2, -0.15) is 0 Å². The molecule has 2 saturated heterocycles. The van der Waals surface area contributed by atoms with E-state index in [9.17, 15) is 13.2 Å². The van der Waals surface area contributed by atoms with Gasteiger partial charge in [-0.3, -0.25) is 9.88 Å². The molecule has 0 amide bonds. The summed E-state index contributed by atoms with van der Waals surface area (Å²) in [6.07, 6.45) is 5.85. The second-order valence-electron chi connectivity index (χ2n) is 10.3. The third kappa shape index (κ3) is 3.95. The van der Waals surface area contributed by atoms with E-state index in [1.54, 1.807) is 6.07 Å². The van der Waals surface area contributed by atoms with Crippen LogP contribution >= 0.6 is 0 Å². The molecule has 0 bridgehead atoms. The van der Waals surface area contributed by atoms with E-state index in [-0.39, 0.29) is 24.6 Å². The van der Waals surface area contributed by atoms with Crippen LogP contribution in [0.4, 0.5) is 18.9 Å². The van der Waals surface area contributed by atoms with Crippen LogP contribution in [0.15, 0.2) is 12.3 Å². The fourth-order valence-electron chi connectivity index (χ4n) is 6.52. The summed E-state index contributed by atoms with van der Waals surface area (Å²) < 4.78 is 41.3. The van der Waals surface area contributed by atoms with Gasteiger partial charge in [0.15, 0.2) is 0 Å². The molecule has 2 aliphatic carbocycles. The third-order valence-corrected chi connectivity index (χ3v) is 8.03. The van der Waals surface area contributed by atoms with Gasteiger partial charge >= 0.3 is 0 Å². The Balaban J connectivity index is 1.23. The number of piperazine rings is 1. The zero-order valence-electron chi connectivity index (χ0n) is 17.9. The summed E-state index contributed by atoms with van der Waals surface area (Å²) in [4.78, 5) is 11.7. The maximum atomic E-state index is 14.1. The molecule has 4 nitrogen and oxygen atoms in total. The molecule has 1 aromatic heterocycles. The van der Waals surface area contributed by atoms with Crippen LogP contribution in [-0.4, -0.2) is 73.1 Å². The van der Waals surface area contributed by atoms with Crippen molar-refractivity contribution in [2.24, 2.45) is 5.41 Å². The molecule has 1 atom stereocenters. The smallest absolute Gasteiger partial charge is 0.248 e. The van der Waals surface area contributed by atoms with Crippen LogP contribution in [0.25, 0.3) is 0 Å². The average molecular weight is 423 g/mol. The summed E-state index contributed by atoms with van der Waals surface area (Å²) in [6, 6.07) is 2.24. The summed E-state index contributed by atoms with van der Waals surface area (Å²) in [7, 11) is 2.20. The maximum Gasteiger partial charge on any atom is 0.248 e. The fraction of sp³-hybridized carbons (Fsp3) is 0.783. The van der Waals surface area contributed by atoms with E-state index in [4.69, 9.17) is 0 Å². The van der Waals surface area contributed by atoms with E-state index < -0.39 is 5.92 Å². The number of hydrogen-bond acceptors (Lipinski definition) is 4. The van der Waals surface area contributed by atoms with Gasteiger partial charge in [0.25, 0.3) is 0 Å². The zero-order chi connectivity index (χ0) is 20.9. The molecule has 0 radical (unpaired) electrons. The Morgan fingerprint density at radius 1 is 1.00 bits per heavy atom. The molecule has 1 spiro atoms. The van der Waals surface area contributed by atoms with Crippen molar-refractivity contribution in [3.8, 4) is 0 Å². The van der Waals surface area contributed by atoms with Gasteiger partial charge in [-0.05, 0) is 44.6 Å². The SMILES string of the molecule is CN1CC2(CCC(N3CCN(c4cc(F)cnc4C4CCC(F)(F)CC4)CC3)C2)C1. The lowest BCUT2D eigenvalue weighted by Crippen LogP contribution is -2.54. The number of pyridine rings is 1. The van der Waals surface area contributed by atoms with Gasteiger partial charge in [0, 0.05) is 70.1 Å². The fourth-order valence-corrected chi connectivity index (χ4v) is 6.52. The van der Waals surface area contributed by atoms with Gasteiger partial charge < -0.3 is 9.80 Å². The molecule has 2 aliphatic heterocycles. The second kappa shape index (κ2) is 7.66. The Morgan fingerprint density at radius 3 is 2.37 bits per heavy atom. The van der Waals surface area contributed by atoms with Crippen LogP contribution in [0.1, 0.15) is 56.6 Å². The number of rotatable bonds is 3. The van der Waals surface area contributed by atoms with E-state index in [1.807, 2.05) is 0 Å². The molecule has 30 heavy (non-hydrogen) atoms. The van der Waals surface area contributed by atoms with Crippen molar-refractivity contribution in [2.45, 2.75) is 62.8 Å². The Morgan fingerprint density at radius 2 is 1.70 bits per heavy atom. The first kappa shape index (κ1) is 20.6. The number of aromatic nitrogens is 1. The molecule has 4 fully saturated rings. The predicted molar refractivity (Wildman–Crippen MR) is 112 cm³/mol. The molecule has 1 aromatic rings. The van der Waals surface area contributed by atoms with Crippen molar-refractivity contribution < 1.29 is 13.2 Å². The van der Waals surface area contributed by atoms with E-state index in [2.05, 4.69) is 26.7 Å². The summed E-state index contributed by atoms with van der Waals surface area (Å²) >= 11 is 0. The largest absolute Gasteiger partial charge is 0.367 e. The minimum absolute atomic E-state index is 0.00329. The van der Waals surface area contributed by atoms with E-state index in [0.29, 0.717) is 24.3 Å². The Labute approximate surface area is 177 Å². The lowest BCUT2D eigenvalue weighted by atomic mass is 9.78. The number of halogens is 3. The molecule has 0 N–H and O–H groups in total. The third-order valence-electron chi connectivity index (χ3n) is 8.03. The maximum absolute atomic E-state index is 14.1. The van der Waals surface area contributed by atoms with Crippen LogP contribution in [0, 0.1) is 11.2 Å². The highest BCUT2D eigenvalue weighted by Gasteiger charge is 2.48. The highest BCUT2D eigenvalue weighted by atomic mass is 19.3. The first-order chi connectivity index (χ1) is 14.3. The minimum atomic E-state index is -2.56. The van der Waals surface area contributed by atoms with Crippen LogP contribution in [-0.2, 0) is 0 Å². The monoisotopic (exact) mass is 422 g/mol. The van der Waals surface area contributed by atoms with Crippen molar-refractivity contribution in [2.75, 3.05) is 51.2 Å². The molecule has 4 aliphatic rings. The molecule has 1 unspecified atom stereocenters. The van der Waals surface area contributed by atoms with Gasteiger partial charge in [0.05, 0.1) is 17.6 Å². The molecular weight excluding hydrogens is 389 g/mol. The Kier molecular flexibility index (Phi) is 5.25. The molecule has 2 saturated carbocycles. The summed E-state index contributed by atoms with van der Waals surface area (Å²) in [5, 5.41) is 0. The quantitative estimate of drug-likeness (QED) is 0.731. The normalized spacial score (nSPS) is 30.0. The van der Waals surface area contributed by atoms with Gasteiger partial charge in [-0.15, -0.1) is 0 Å². The highest BCUT2D eigenvalue weighted by molar-refractivity contribution is 5.53. The minimum Gasteiger partial charge on any atom is -0.367 e. The van der Waals surface area contributed by atoms with Gasteiger partial charge in [-0.25, -0.2) is 13.2 Å². The highest BCUT2D eigenvalue weighted by Crippen LogP contribution is 2.47. The predicted octanol–water partition coefficient (Wildman–Crippen LogP) is 4.12. The Bertz CT molecular complexity index is 762. The van der Waals surface area contributed by atoms with Crippen molar-refractivity contribution >= 4 is 5.69 Å². The van der Waals surface area contributed by atoms with E-state index in [1.165, 1.54) is 38.5 Å². The van der Waals surface area contributed by atoms with E-state index in [0.717, 1.165) is 37.6 Å². The van der Waals surface area contributed by atoms with Gasteiger partial charge in [-0.1, -0.05) is 0 Å². The molecule has 7 heteroatoms. The van der Waals surface area contributed by atoms with Crippen LogP contribution in [0.5, 0.6) is 0 Å². The number of alkyl halides is 2. The van der Waals surface area contributed by atoms with E-state index >= 15 is 0 Å². The number of anilines is 1. The summed E-state index contributed by atoms with van der Waals surface area (Å²) in [5.41, 5.74) is 2.20. The second-order valence-corrected chi connectivity index (χ2v) is 10.3. The standard InChI is InChI=1S/C23H33F3N4/c1-28-15-22(16-28)5-4-19(13-22)29-8-10-30(11-9-29)20-12-18(24)14-27-21(20)17-2-6-23(25,26)7-3-17/h12,14,17,19H,2-11,13,15-16H2,1H3. The first-order valence-electron chi connectivity index (χ1n) is 11.5. The van der Waals surface area contributed by atoms with Crippen molar-refractivity contribution in [3.63, 3.8) is 0 Å². The van der Waals surface area contributed by atoms with Crippen LogP contribution in [0.3, 0.4) is 0 Å². The summed E-state index contributed by atoms with van der Waals surface area (Å²) in [6.45, 7) is 6.14. The lowest BCUT2D eigenvalue weighted by Gasteiger charge is -2.47. The van der Waals surface area contributed by atoms with Crippen molar-refractivity contribution in [1.29, 1.82) is 0 Å². The van der Waals surface area contributed by atoms with Crippen LogP contribution < -0.4 is 4.90 Å². The van der Waals surface area contributed by atoms with Gasteiger partial charge in [0.1, 0.15) is 5.82 Å². The molecule has 3 heterocycles. The topological polar surface area (TPSA) is 22.6 Å². The first-order valence-corrected chi connectivity index (χ1v) is 11.5. The number of likely N-dealkylation sites (tertiary alicyclic amines) is 1. The molecular formula is C23H33F3N4. The zero-order valence-corrected chi connectivity index (χ0v) is 17.9. The molecule has 0 aromatic carbocycles. The molecule has 166 valence electrons. The van der Waals surface area contributed by atoms with Crippen molar-refractivity contribution in [1.82, 2.24) is 14.8 Å².